The van der Waals surface area contributed by atoms with E-state index in [2.05, 4.69) is 33.7 Å². The average Bonchev–Trinajstić information content (AvgIpc) is 2.84. The Morgan fingerprint density at radius 2 is 1.84 bits per heavy atom. The lowest BCUT2D eigenvalue weighted by Crippen LogP contribution is -2.48. The first kappa shape index (κ1) is 21.6. The monoisotopic (exact) mass is 433 g/mol. The summed E-state index contributed by atoms with van der Waals surface area (Å²) < 4.78 is 10.3. The molecule has 2 aliphatic rings. The molecule has 7 nitrogen and oxygen atoms in total. The first-order valence-electron chi connectivity index (χ1n) is 10.6. The van der Waals surface area contributed by atoms with E-state index in [1.54, 1.807) is 19.2 Å². The normalized spacial score (nSPS) is 19.0. The van der Waals surface area contributed by atoms with Crippen LogP contribution in [0.4, 0.5) is 4.79 Å². The van der Waals surface area contributed by atoms with Crippen LogP contribution in [0.15, 0.2) is 71.9 Å². The van der Waals surface area contributed by atoms with Crippen LogP contribution in [0.5, 0.6) is 5.75 Å². The SMILES string of the molecule is COC(=O)C1=C(CN2CC=C(c3ccccc3)CC2)NC(=O)N[C@@H]1c1ccc(OC)cc1. The van der Waals surface area contributed by atoms with Crippen LogP contribution in [-0.2, 0) is 9.53 Å². The van der Waals surface area contributed by atoms with Crippen LogP contribution in [0, 0.1) is 0 Å². The van der Waals surface area contributed by atoms with Crippen molar-refractivity contribution in [2.24, 2.45) is 0 Å². The number of benzene rings is 2. The van der Waals surface area contributed by atoms with Crippen LogP contribution in [0.1, 0.15) is 23.6 Å². The highest BCUT2D eigenvalue weighted by Gasteiger charge is 2.34. The molecule has 0 fully saturated rings. The third-order valence-corrected chi connectivity index (χ3v) is 5.83. The Balaban J connectivity index is 1.59. The highest BCUT2D eigenvalue weighted by atomic mass is 16.5. The van der Waals surface area contributed by atoms with Gasteiger partial charge in [-0.2, -0.15) is 0 Å². The van der Waals surface area contributed by atoms with Crippen molar-refractivity contribution in [3.63, 3.8) is 0 Å². The number of methoxy groups -OCH3 is 2. The Labute approximate surface area is 187 Å². The number of hydrogen-bond acceptors (Lipinski definition) is 5. The van der Waals surface area contributed by atoms with E-state index in [0.717, 1.165) is 25.1 Å². The molecule has 0 spiro atoms. The van der Waals surface area contributed by atoms with Gasteiger partial charge in [-0.3, -0.25) is 4.90 Å². The second-order valence-corrected chi connectivity index (χ2v) is 7.77. The molecule has 7 heteroatoms. The molecular weight excluding hydrogens is 406 g/mol. The summed E-state index contributed by atoms with van der Waals surface area (Å²) in [5.41, 5.74) is 4.31. The van der Waals surface area contributed by atoms with E-state index in [-0.39, 0.29) is 6.03 Å². The minimum absolute atomic E-state index is 0.342. The van der Waals surface area contributed by atoms with Gasteiger partial charge in [-0.05, 0) is 35.3 Å². The predicted molar refractivity (Wildman–Crippen MR) is 122 cm³/mol. The highest BCUT2D eigenvalue weighted by Crippen LogP contribution is 2.30. The topological polar surface area (TPSA) is 79.9 Å². The maximum Gasteiger partial charge on any atom is 0.338 e. The van der Waals surface area contributed by atoms with Crippen molar-refractivity contribution in [1.82, 2.24) is 15.5 Å². The third-order valence-electron chi connectivity index (χ3n) is 5.83. The summed E-state index contributed by atoms with van der Waals surface area (Å²) in [5.74, 6) is 0.234. The number of esters is 1. The van der Waals surface area contributed by atoms with E-state index in [0.29, 0.717) is 23.6 Å². The third kappa shape index (κ3) is 4.68. The number of ether oxygens (including phenoxy) is 2. The van der Waals surface area contributed by atoms with Gasteiger partial charge in [-0.1, -0.05) is 48.5 Å². The number of rotatable bonds is 6. The molecule has 2 amide bonds. The second kappa shape index (κ2) is 9.70. The lowest BCUT2D eigenvalue weighted by Gasteiger charge is -2.33. The molecule has 0 saturated heterocycles. The zero-order valence-electron chi connectivity index (χ0n) is 18.3. The molecule has 0 unspecified atom stereocenters. The molecule has 1 atom stereocenters. The van der Waals surface area contributed by atoms with Crippen LogP contribution >= 0.6 is 0 Å². The summed E-state index contributed by atoms with van der Waals surface area (Å²) in [5, 5.41) is 5.69. The zero-order valence-corrected chi connectivity index (χ0v) is 18.3. The first-order chi connectivity index (χ1) is 15.6. The molecule has 166 valence electrons. The summed E-state index contributed by atoms with van der Waals surface area (Å²) in [4.78, 5) is 27.4. The van der Waals surface area contributed by atoms with Gasteiger partial charge < -0.3 is 20.1 Å². The molecule has 2 N–H and O–H groups in total. The minimum Gasteiger partial charge on any atom is -0.497 e. The van der Waals surface area contributed by atoms with E-state index in [1.165, 1.54) is 18.2 Å². The van der Waals surface area contributed by atoms with Gasteiger partial charge in [0.05, 0.1) is 25.8 Å². The quantitative estimate of drug-likeness (QED) is 0.684. The molecular formula is C25H27N3O4. The fourth-order valence-corrected chi connectivity index (χ4v) is 4.13. The lowest BCUT2D eigenvalue weighted by atomic mass is 9.94. The lowest BCUT2D eigenvalue weighted by molar-refractivity contribution is -0.136. The summed E-state index contributed by atoms with van der Waals surface area (Å²) in [7, 11) is 2.94. The Kier molecular flexibility index (Phi) is 6.56. The van der Waals surface area contributed by atoms with Crippen molar-refractivity contribution in [1.29, 1.82) is 0 Å². The predicted octanol–water partition coefficient (Wildman–Crippen LogP) is 3.27. The van der Waals surface area contributed by atoms with E-state index < -0.39 is 12.0 Å². The first-order valence-corrected chi connectivity index (χ1v) is 10.6. The van der Waals surface area contributed by atoms with Crippen LogP contribution in [0.3, 0.4) is 0 Å². The van der Waals surface area contributed by atoms with E-state index in [1.807, 2.05) is 30.3 Å². The van der Waals surface area contributed by atoms with Crippen molar-refractivity contribution < 1.29 is 19.1 Å². The average molecular weight is 434 g/mol. The molecule has 32 heavy (non-hydrogen) atoms. The van der Waals surface area contributed by atoms with Gasteiger partial charge in [-0.25, -0.2) is 9.59 Å². The summed E-state index contributed by atoms with van der Waals surface area (Å²) in [6.45, 7) is 2.01. The van der Waals surface area contributed by atoms with Gasteiger partial charge >= 0.3 is 12.0 Å². The van der Waals surface area contributed by atoms with Gasteiger partial charge in [0.1, 0.15) is 5.75 Å². The fourth-order valence-electron chi connectivity index (χ4n) is 4.13. The minimum atomic E-state index is -0.600. The Bertz CT molecular complexity index is 1040. The Morgan fingerprint density at radius 1 is 1.09 bits per heavy atom. The van der Waals surface area contributed by atoms with Crippen LogP contribution in [0.2, 0.25) is 0 Å². The van der Waals surface area contributed by atoms with E-state index in [9.17, 15) is 9.59 Å². The second-order valence-electron chi connectivity index (χ2n) is 7.77. The molecule has 0 radical (unpaired) electrons. The molecule has 0 aromatic heterocycles. The summed E-state index contributed by atoms with van der Waals surface area (Å²) in [6.07, 6.45) is 3.11. The van der Waals surface area contributed by atoms with Crippen molar-refractivity contribution in [3.05, 3.63) is 83.1 Å². The Morgan fingerprint density at radius 3 is 2.47 bits per heavy atom. The molecule has 0 aliphatic carbocycles. The van der Waals surface area contributed by atoms with Crippen LogP contribution in [0.25, 0.3) is 5.57 Å². The maximum atomic E-state index is 12.7. The molecule has 2 aromatic carbocycles. The molecule has 0 bridgehead atoms. The fraction of sp³-hybridized carbons (Fsp3) is 0.280. The van der Waals surface area contributed by atoms with Crippen LogP contribution in [-0.4, -0.2) is 50.8 Å². The van der Waals surface area contributed by atoms with Crippen molar-refractivity contribution in [3.8, 4) is 5.75 Å². The Hall–Kier alpha value is -3.58. The van der Waals surface area contributed by atoms with E-state index >= 15 is 0 Å². The van der Waals surface area contributed by atoms with Crippen molar-refractivity contribution in [2.75, 3.05) is 33.9 Å². The smallest absolute Gasteiger partial charge is 0.338 e. The maximum absolute atomic E-state index is 12.7. The molecule has 0 saturated carbocycles. The molecule has 4 rings (SSSR count). The van der Waals surface area contributed by atoms with Gasteiger partial charge in [0.15, 0.2) is 0 Å². The van der Waals surface area contributed by atoms with Crippen molar-refractivity contribution in [2.45, 2.75) is 12.5 Å². The number of carbonyl (C=O) groups excluding carboxylic acids is 2. The number of urea groups is 1. The largest absolute Gasteiger partial charge is 0.497 e. The highest BCUT2D eigenvalue weighted by molar-refractivity contribution is 5.95. The summed E-state index contributed by atoms with van der Waals surface area (Å²) >= 11 is 0. The van der Waals surface area contributed by atoms with Gasteiger partial charge in [0.25, 0.3) is 0 Å². The molecule has 2 aliphatic heterocycles. The number of nitrogens with zero attached hydrogens (tertiary/aromatic N) is 1. The molecule has 2 heterocycles. The number of hydrogen-bond donors (Lipinski definition) is 2. The molecule has 2 aromatic rings. The van der Waals surface area contributed by atoms with E-state index in [4.69, 9.17) is 9.47 Å². The number of carbonyl (C=O) groups is 2. The van der Waals surface area contributed by atoms with Gasteiger partial charge in [0.2, 0.25) is 0 Å². The standard InChI is InChI=1S/C25H27N3O4/c1-31-20-10-8-19(9-11-20)23-22(24(29)32-2)21(26-25(30)27-23)16-28-14-12-18(13-15-28)17-6-4-3-5-7-17/h3-12,23H,13-16H2,1-2H3,(H2,26,27,30)/t23-/m1/s1. The number of nitrogens with one attached hydrogen (secondary N) is 2. The summed E-state index contributed by atoms with van der Waals surface area (Å²) in [6, 6.07) is 16.7. The van der Waals surface area contributed by atoms with Gasteiger partial charge in [-0.15, -0.1) is 0 Å². The van der Waals surface area contributed by atoms with Crippen LogP contribution < -0.4 is 15.4 Å². The van der Waals surface area contributed by atoms with Crippen molar-refractivity contribution >= 4 is 17.6 Å². The number of amides is 2. The van der Waals surface area contributed by atoms with Gasteiger partial charge in [0, 0.05) is 25.3 Å². The zero-order chi connectivity index (χ0) is 22.5.